The molecule has 0 aromatic rings. The van der Waals surface area contributed by atoms with Crippen molar-refractivity contribution in [2.24, 2.45) is 11.0 Å². The van der Waals surface area contributed by atoms with Crippen molar-refractivity contribution in [3.8, 4) is 0 Å². The van der Waals surface area contributed by atoms with Gasteiger partial charge < -0.3 is 0 Å². The van der Waals surface area contributed by atoms with Gasteiger partial charge in [-0.15, -0.1) is 0 Å². The highest BCUT2D eigenvalue weighted by atomic mass is 16.2. The van der Waals surface area contributed by atoms with Gasteiger partial charge in [0.25, 0.3) is 0 Å². The lowest BCUT2D eigenvalue weighted by atomic mass is 10.1. The number of carbonyl (C=O) groups is 1. The molecule has 0 bridgehead atoms. The maximum atomic E-state index is 11.2. The number of hydrazone groups is 1. The Hall–Kier alpha value is -0.860. The first-order valence-electron chi connectivity index (χ1n) is 5.38. The van der Waals surface area contributed by atoms with E-state index in [1.807, 2.05) is 6.92 Å². The van der Waals surface area contributed by atoms with Gasteiger partial charge >= 0.3 is 0 Å². The first kappa shape index (κ1) is 13.1. The van der Waals surface area contributed by atoms with E-state index in [0.717, 1.165) is 25.0 Å². The van der Waals surface area contributed by atoms with Gasteiger partial charge in [-0.1, -0.05) is 27.2 Å². The van der Waals surface area contributed by atoms with Gasteiger partial charge in [0.15, 0.2) is 0 Å². The van der Waals surface area contributed by atoms with Gasteiger partial charge in [-0.2, -0.15) is 5.10 Å². The van der Waals surface area contributed by atoms with E-state index >= 15 is 0 Å². The third kappa shape index (κ3) is 7.77. The Bertz CT molecular complexity index is 197. The Balaban J connectivity index is 3.72. The molecule has 0 aliphatic rings. The first-order valence-corrected chi connectivity index (χ1v) is 5.38. The van der Waals surface area contributed by atoms with Gasteiger partial charge in [0.1, 0.15) is 0 Å². The van der Waals surface area contributed by atoms with Gasteiger partial charge in [-0.3, -0.25) is 4.79 Å². The molecule has 82 valence electrons. The van der Waals surface area contributed by atoms with Gasteiger partial charge in [0.2, 0.25) is 5.91 Å². The number of hydrogen-bond acceptors (Lipinski definition) is 2. The SMILES string of the molecule is CCCCC(=O)N/N=C(\C)CC(C)C. The van der Waals surface area contributed by atoms with Crippen LogP contribution in [0.2, 0.25) is 0 Å². The van der Waals surface area contributed by atoms with E-state index in [0.29, 0.717) is 12.3 Å². The Kier molecular flexibility index (Phi) is 7.07. The van der Waals surface area contributed by atoms with Gasteiger partial charge in [0, 0.05) is 12.1 Å². The fourth-order valence-electron chi connectivity index (χ4n) is 1.19. The maximum absolute atomic E-state index is 11.2. The van der Waals surface area contributed by atoms with E-state index in [4.69, 9.17) is 0 Å². The number of carbonyl (C=O) groups excluding carboxylic acids is 1. The lowest BCUT2D eigenvalue weighted by Crippen LogP contribution is -2.18. The molecule has 0 saturated carbocycles. The zero-order valence-corrected chi connectivity index (χ0v) is 9.76. The summed E-state index contributed by atoms with van der Waals surface area (Å²) in [5.41, 5.74) is 3.56. The summed E-state index contributed by atoms with van der Waals surface area (Å²) >= 11 is 0. The fourth-order valence-corrected chi connectivity index (χ4v) is 1.19. The smallest absolute Gasteiger partial charge is 0.240 e. The highest BCUT2D eigenvalue weighted by Crippen LogP contribution is 2.00. The van der Waals surface area contributed by atoms with Gasteiger partial charge in [-0.25, -0.2) is 5.43 Å². The van der Waals surface area contributed by atoms with E-state index in [1.165, 1.54) is 0 Å². The molecule has 3 heteroatoms. The molecule has 0 unspecified atom stereocenters. The molecular formula is C11H22N2O. The quantitative estimate of drug-likeness (QED) is 0.517. The molecular weight excluding hydrogens is 176 g/mol. The summed E-state index contributed by atoms with van der Waals surface area (Å²) in [6.07, 6.45) is 3.50. The summed E-state index contributed by atoms with van der Waals surface area (Å²) in [6.45, 7) is 8.29. The molecule has 0 aliphatic carbocycles. The summed E-state index contributed by atoms with van der Waals surface area (Å²) < 4.78 is 0. The van der Waals surface area contributed by atoms with Crippen LogP contribution >= 0.6 is 0 Å². The number of unbranched alkanes of at least 4 members (excludes halogenated alkanes) is 1. The van der Waals surface area contributed by atoms with Crippen molar-refractivity contribution in [3.63, 3.8) is 0 Å². The summed E-state index contributed by atoms with van der Waals surface area (Å²) in [6, 6.07) is 0. The zero-order chi connectivity index (χ0) is 11.0. The minimum Gasteiger partial charge on any atom is -0.273 e. The average Bonchev–Trinajstić information content (AvgIpc) is 2.10. The molecule has 0 rings (SSSR count). The molecule has 0 heterocycles. The summed E-state index contributed by atoms with van der Waals surface area (Å²) in [5, 5.41) is 4.03. The normalized spacial score (nSPS) is 11.9. The Labute approximate surface area is 87.0 Å². The molecule has 3 nitrogen and oxygen atoms in total. The summed E-state index contributed by atoms with van der Waals surface area (Å²) in [5.74, 6) is 0.612. The van der Waals surface area contributed by atoms with Crippen molar-refractivity contribution in [2.75, 3.05) is 0 Å². The molecule has 0 atom stereocenters. The molecule has 1 N–H and O–H groups in total. The third-order valence-corrected chi connectivity index (χ3v) is 1.83. The Morgan fingerprint density at radius 2 is 2.07 bits per heavy atom. The van der Waals surface area contributed by atoms with Crippen LogP contribution in [-0.4, -0.2) is 11.6 Å². The van der Waals surface area contributed by atoms with E-state index in [9.17, 15) is 4.79 Å². The van der Waals surface area contributed by atoms with Crippen LogP contribution in [0.15, 0.2) is 5.10 Å². The second-order valence-electron chi connectivity index (χ2n) is 4.08. The van der Waals surface area contributed by atoms with E-state index in [1.54, 1.807) is 0 Å². The molecule has 0 fully saturated rings. The molecule has 0 radical (unpaired) electrons. The van der Waals surface area contributed by atoms with Gasteiger partial charge in [0.05, 0.1) is 0 Å². The predicted molar refractivity (Wildman–Crippen MR) is 60.2 cm³/mol. The molecule has 14 heavy (non-hydrogen) atoms. The van der Waals surface area contributed by atoms with Crippen LogP contribution in [0, 0.1) is 5.92 Å². The molecule has 0 spiro atoms. The third-order valence-electron chi connectivity index (χ3n) is 1.83. The van der Waals surface area contributed by atoms with Gasteiger partial charge in [-0.05, 0) is 25.7 Å². The van der Waals surface area contributed by atoms with Crippen LogP contribution in [0.1, 0.15) is 53.4 Å². The van der Waals surface area contributed by atoms with Crippen molar-refractivity contribution in [1.82, 2.24) is 5.43 Å². The highest BCUT2D eigenvalue weighted by Gasteiger charge is 2.00. The van der Waals surface area contributed by atoms with Crippen LogP contribution in [0.3, 0.4) is 0 Å². The number of nitrogens with one attached hydrogen (secondary N) is 1. The van der Waals surface area contributed by atoms with E-state index < -0.39 is 0 Å². The number of nitrogens with zero attached hydrogens (tertiary/aromatic N) is 1. The second-order valence-corrected chi connectivity index (χ2v) is 4.08. The number of amides is 1. The first-order chi connectivity index (χ1) is 6.56. The monoisotopic (exact) mass is 198 g/mol. The van der Waals surface area contributed by atoms with Crippen molar-refractivity contribution < 1.29 is 4.79 Å². The largest absolute Gasteiger partial charge is 0.273 e. The van der Waals surface area contributed by atoms with E-state index in [-0.39, 0.29) is 5.91 Å². The highest BCUT2D eigenvalue weighted by molar-refractivity contribution is 5.84. The van der Waals surface area contributed by atoms with Crippen LogP contribution in [0.4, 0.5) is 0 Å². The molecule has 0 aromatic carbocycles. The molecule has 0 aromatic heterocycles. The molecule has 1 amide bonds. The second kappa shape index (κ2) is 7.54. The predicted octanol–water partition coefficient (Wildman–Crippen LogP) is 2.71. The fraction of sp³-hybridized carbons (Fsp3) is 0.818. The maximum Gasteiger partial charge on any atom is 0.240 e. The zero-order valence-electron chi connectivity index (χ0n) is 9.76. The summed E-state index contributed by atoms with van der Waals surface area (Å²) in [4.78, 5) is 11.2. The van der Waals surface area contributed by atoms with Crippen molar-refractivity contribution in [2.45, 2.75) is 53.4 Å². The van der Waals surface area contributed by atoms with Crippen molar-refractivity contribution in [3.05, 3.63) is 0 Å². The minimum absolute atomic E-state index is 0.0231. The lowest BCUT2D eigenvalue weighted by Gasteiger charge is -2.04. The van der Waals surface area contributed by atoms with Crippen molar-refractivity contribution in [1.29, 1.82) is 0 Å². The van der Waals surface area contributed by atoms with Crippen molar-refractivity contribution >= 4 is 11.6 Å². The summed E-state index contributed by atoms with van der Waals surface area (Å²) in [7, 11) is 0. The topological polar surface area (TPSA) is 41.5 Å². The standard InChI is InChI=1S/C11H22N2O/c1-5-6-7-11(14)13-12-10(4)8-9(2)3/h9H,5-8H2,1-4H3,(H,13,14)/b12-10+. The van der Waals surface area contributed by atoms with Crippen LogP contribution in [0.25, 0.3) is 0 Å². The van der Waals surface area contributed by atoms with Crippen LogP contribution in [-0.2, 0) is 4.79 Å². The number of rotatable bonds is 6. The Morgan fingerprint density at radius 1 is 1.43 bits per heavy atom. The Morgan fingerprint density at radius 3 is 2.57 bits per heavy atom. The number of hydrogen-bond donors (Lipinski definition) is 1. The molecule has 0 aliphatic heterocycles. The van der Waals surface area contributed by atoms with Crippen LogP contribution < -0.4 is 5.43 Å². The minimum atomic E-state index is 0.0231. The van der Waals surface area contributed by atoms with E-state index in [2.05, 4.69) is 31.3 Å². The lowest BCUT2D eigenvalue weighted by molar-refractivity contribution is -0.121. The average molecular weight is 198 g/mol. The molecule has 0 saturated heterocycles. The van der Waals surface area contributed by atoms with Crippen LogP contribution in [0.5, 0.6) is 0 Å².